The van der Waals surface area contributed by atoms with Crippen LogP contribution in [0.1, 0.15) is 24.2 Å². The Morgan fingerprint density at radius 1 is 1.61 bits per heavy atom. The highest BCUT2D eigenvalue weighted by Gasteiger charge is 2.29. The lowest BCUT2D eigenvalue weighted by atomic mass is 10.0. The number of halogens is 1. The number of benzene rings is 1. The second-order valence-corrected chi connectivity index (χ2v) is 4.19. The fraction of sp³-hybridized carbons (Fsp3) is 0.417. The van der Waals surface area contributed by atoms with Crippen molar-refractivity contribution >= 4 is 17.6 Å². The summed E-state index contributed by atoms with van der Waals surface area (Å²) in [4.78, 5) is 11.5. The number of carbonyl (C=O) groups is 1. The van der Waals surface area contributed by atoms with Gasteiger partial charge in [0.1, 0.15) is 0 Å². The SMILES string of the molecule is CCOC(=O)C(O)c1c(C)cc2c(c1Cl)OCO2. The monoisotopic (exact) mass is 272 g/mol. The predicted octanol–water partition coefficient (Wildman–Crippen LogP) is 1.97. The molecule has 1 heterocycles. The second kappa shape index (κ2) is 5.04. The molecule has 0 radical (unpaired) electrons. The quantitative estimate of drug-likeness (QED) is 0.852. The van der Waals surface area contributed by atoms with E-state index >= 15 is 0 Å². The Bertz CT molecular complexity index is 486. The molecule has 1 aliphatic heterocycles. The summed E-state index contributed by atoms with van der Waals surface area (Å²) in [6, 6.07) is 1.67. The van der Waals surface area contributed by atoms with Gasteiger partial charge < -0.3 is 19.3 Å². The molecular weight excluding hydrogens is 260 g/mol. The molecule has 0 saturated heterocycles. The standard InChI is InChI=1S/C12H13ClO5/c1-3-16-12(15)10(14)8-6(2)4-7-11(9(8)13)18-5-17-7/h4,10,14H,3,5H2,1-2H3. The molecule has 18 heavy (non-hydrogen) atoms. The summed E-state index contributed by atoms with van der Waals surface area (Å²) in [5.41, 5.74) is 0.934. The maximum Gasteiger partial charge on any atom is 0.339 e. The van der Waals surface area contributed by atoms with Crippen LogP contribution in [0.3, 0.4) is 0 Å². The number of fused-ring (bicyclic) bond motifs is 1. The maximum absolute atomic E-state index is 11.5. The van der Waals surface area contributed by atoms with E-state index in [2.05, 4.69) is 0 Å². The second-order valence-electron chi connectivity index (χ2n) is 3.81. The average Bonchev–Trinajstić information content (AvgIpc) is 2.77. The molecular formula is C12H13ClO5. The van der Waals surface area contributed by atoms with Crippen LogP contribution in [0.2, 0.25) is 5.02 Å². The normalized spacial score (nSPS) is 14.4. The van der Waals surface area contributed by atoms with E-state index in [1.165, 1.54) is 0 Å². The van der Waals surface area contributed by atoms with Gasteiger partial charge >= 0.3 is 5.97 Å². The van der Waals surface area contributed by atoms with Gasteiger partial charge in [0.15, 0.2) is 17.6 Å². The first-order valence-electron chi connectivity index (χ1n) is 5.49. The summed E-state index contributed by atoms with van der Waals surface area (Å²) in [6.45, 7) is 3.66. The molecule has 0 fully saturated rings. The van der Waals surface area contributed by atoms with Crippen molar-refractivity contribution in [1.29, 1.82) is 0 Å². The van der Waals surface area contributed by atoms with Gasteiger partial charge in [-0.05, 0) is 25.5 Å². The Hall–Kier alpha value is -1.46. The fourth-order valence-corrected chi connectivity index (χ4v) is 2.21. The molecule has 2 rings (SSSR count). The Kier molecular flexibility index (Phi) is 3.63. The van der Waals surface area contributed by atoms with Crippen molar-refractivity contribution in [1.82, 2.24) is 0 Å². The molecule has 5 nitrogen and oxygen atoms in total. The number of aryl methyl sites for hydroxylation is 1. The van der Waals surface area contributed by atoms with Crippen molar-refractivity contribution in [3.8, 4) is 11.5 Å². The lowest BCUT2D eigenvalue weighted by Gasteiger charge is -2.15. The summed E-state index contributed by atoms with van der Waals surface area (Å²) in [5, 5.41) is 10.1. The molecule has 6 heteroatoms. The first-order chi connectivity index (χ1) is 8.56. The predicted molar refractivity (Wildman–Crippen MR) is 63.9 cm³/mol. The fourth-order valence-electron chi connectivity index (χ4n) is 1.81. The van der Waals surface area contributed by atoms with E-state index in [-0.39, 0.29) is 18.4 Å². The third kappa shape index (κ3) is 2.11. The first-order valence-corrected chi connectivity index (χ1v) is 5.87. The maximum atomic E-state index is 11.5. The minimum Gasteiger partial charge on any atom is -0.464 e. The number of esters is 1. The average molecular weight is 273 g/mol. The largest absolute Gasteiger partial charge is 0.464 e. The van der Waals surface area contributed by atoms with Crippen LogP contribution in [-0.4, -0.2) is 24.5 Å². The van der Waals surface area contributed by atoms with Crippen molar-refractivity contribution in [2.75, 3.05) is 13.4 Å². The van der Waals surface area contributed by atoms with Crippen molar-refractivity contribution in [3.63, 3.8) is 0 Å². The van der Waals surface area contributed by atoms with Crippen LogP contribution in [-0.2, 0) is 9.53 Å². The Morgan fingerprint density at radius 3 is 3.00 bits per heavy atom. The van der Waals surface area contributed by atoms with Crippen LogP contribution in [0, 0.1) is 6.92 Å². The zero-order valence-electron chi connectivity index (χ0n) is 10.0. The van der Waals surface area contributed by atoms with Gasteiger partial charge in [-0.1, -0.05) is 11.6 Å². The Labute approximate surface area is 109 Å². The summed E-state index contributed by atoms with van der Waals surface area (Å²) >= 11 is 6.13. The highest BCUT2D eigenvalue weighted by atomic mass is 35.5. The molecule has 0 amide bonds. The lowest BCUT2D eigenvalue weighted by Crippen LogP contribution is -2.17. The van der Waals surface area contributed by atoms with Crippen LogP contribution in [0.4, 0.5) is 0 Å². The van der Waals surface area contributed by atoms with Crippen molar-refractivity contribution in [2.45, 2.75) is 20.0 Å². The molecule has 0 bridgehead atoms. The van der Waals surface area contributed by atoms with E-state index in [0.29, 0.717) is 22.6 Å². The van der Waals surface area contributed by atoms with E-state index in [4.69, 9.17) is 25.8 Å². The molecule has 1 aromatic rings. The minimum atomic E-state index is -1.42. The molecule has 0 spiro atoms. The molecule has 0 aromatic heterocycles. The van der Waals surface area contributed by atoms with E-state index in [1.54, 1.807) is 19.9 Å². The number of carbonyl (C=O) groups excluding carboxylic acids is 1. The number of ether oxygens (including phenoxy) is 3. The highest BCUT2D eigenvalue weighted by molar-refractivity contribution is 6.33. The molecule has 0 saturated carbocycles. The third-order valence-corrected chi connectivity index (χ3v) is 3.01. The summed E-state index contributed by atoms with van der Waals surface area (Å²) in [6.07, 6.45) is -1.42. The molecule has 0 aliphatic carbocycles. The van der Waals surface area contributed by atoms with E-state index in [9.17, 15) is 9.90 Å². The number of aliphatic hydroxyl groups excluding tert-OH is 1. The molecule has 1 N–H and O–H groups in total. The van der Waals surface area contributed by atoms with Gasteiger partial charge in [0.25, 0.3) is 0 Å². The van der Waals surface area contributed by atoms with E-state index < -0.39 is 12.1 Å². The lowest BCUT2D eigenvalue weighted by molar-refractivity contribution is -0.153. The van der Waals surface area contributed by atoms with Gasteiger partial charge in [-0.2, -0.15) is 0 Å². The smallest absolute Gasteiger partial charge is 0.339 e. The van der Waals surface area contributed by atoms with Crippen molar-refractivity contribution in [2.24, 2.45) is 0 Å². The molecule has 1 aliphatic rings. The molecule has 1 atom stereocenters. The zero-order chi connectivity index (χ0) is 13.3. The Morgan fingerprint density at radius 2 is 2.33 bits per heavy atom. The highest BCUT2D eigenvalue weighted by Crippen LogP contribution is 2.44. The number of hydrogen-bond acceptors (Lipinski definition) is 5. The van der Waals surface area contributed by atoms with Crippen LogP contribution in [0.5, 0.6) is 11.5 Å². The summed E-state index contributed by atoms with van der Waals surface area (Å²) < 4.78 is 15.2. The van der Waals surface area contributed by atoms with Gasteiger partial charge in [0, 0.05) is 5.56 Å². The summed E-state index contributed by atoms with van der Waals surface area (Å²) in [5.74, 6) is 0.124. The zero-order valence-corrected chi connectivity index (χ0v) is 10.8. The van der Waals surface area contributed by atoms with Gasteiger partial charge in [-0.25, -0.2) is 4.79 Å². The first kappa shape index (κ1) is 13.0. The van der Waals surface area contributed by atoms with Crippen LogP contribution < -0.4 is 9.47 Å². The van der Waals surface area contributed by atoms with Gasteiger partial charge in [0.05, 0.1) is 11.6 Å². The van der Waals surface area contributed by atoms with E-state index in [1.807, 2.05) is 0 Å². The van der Waals surface area contributed by atoms with Crippen LogP contribution in [0.15, 0.2) is 6.07 Å². The van der Waals surface area contributed by atoms with Gasteiger partial charge in [0.2, 0.25) is 6.79 Å². The molecule has 1 aromatic carbocycles. The number of aliphatic hydroxyl groups is 1. The van der Waals surface area contributed by atoms with E-state index in [0.717, 1.165) is 0 Å². The van der Waals surface area contributed by atoms with Crippen molar-refractivity contribution in [3.05, 3.63) is 22.2 Å². The van der Waals surface area contributed by atoms with Crippen molar-refractivity contribution < 1.29 is 24.1 Å². The molecule has 1 unspecified atom stereocenters. The van der Waals surface area contributed by atoms with Crippen LogP contribution >= 0.6 is 11.6 Å². The third-order valence-electron chi connectivity index (χ3n) is 2.63. The topological polar surface area (TPSA) is 65.0 Å². The van der Waals surface area contributed by atoms with Crippen LogP contribution in [0.25, 0.3) is 0 Å². The Balaban J connectivity index is 2.42. The number of hydrogen-bond donors (Lipinski definition) is 1. The van der Waals surface area contributed by atoms with Gasteiger partial charge in [-0.3, -0.25) is 0 Å². The summed E-state index contributed by atoms with van der Waals surface area (Å²) in [7, 11) is 0. The van der Waals surface area contributed by atoms with Gasteiger partial charge in [-0.15, -0.1) is 0 Å². The molecule has 98 valence electrons. The minimum absolute atomic E-state index is 0.0768. The number of rotatable bonds is 3.